The molecular formula is C33H34FN3O2. The van der Waals surface area contributed by atoms with E-state index in [2.05, 4.69) is 24.0 Å². The Balaban J connectivity index is 1.40. The molecule has 0 bridgehead atoms. The van der Waals surface area contributed by atoms with E-state index in [-0.39, 0.29) is 17.7 Å². The van der Waals surface area contributed by atoms with Crippen LogP contribution in [0.2, 0.25) is 0 Å². The lowest BCUT2D eigenvalue weighted by Gasteiger charge is -2.13. The van der Waals surface area contributed by atoms with Gasteiger partial charge in [0, 0.05) is 19.0 Å². The van der Waals surface area contributed by atoms with Gasteiger partial charge in [0.25, 0.3) is 5.56 Å². The first-order valence-electron chi connectivity index (χ1n) is 13.8. The van der Waals surface area contributed by atoms with Crippen molar-refractivity contribution in [2.75, 3.05) is 6.61 Å². The van der Waals surface area contributed by atoms with Gasteiger partial charge in [-0.2, -0.15) is 0 Å². The van der Waals surface area contributed by atoms with Crippen molar-refractivity contribution in [3.63, 3.8) is 0 Å². The Hall–Kier alpha value is -4.19. The van der Waals surface area contributed by atoms with Gasteiger partial charge in [-0.3, -0.25) is 9.36 Å². The number of nitrogens with one attached hydrogen (secondary N) is 1. The number of benzene rings is 3. The van der Waals surface area contributed by atoms with Crippen LogP contribution in [0.5, 0.6) is 5.75 Å². The topological polar surface area (TPSA) is 59.9 Å². The van der Waals surface area contributed by atoms with Gasteiger partial charge < -0.3 is 9.72 Å². The Labute approximate surface area is 228 Å². The van der Waals surface area contributed by atoms with Crippen LogP contribution in [0.1, 0.15) is 61.5 Å². The third-order valence-electron chi connectivity index (χ3n) is 6.93. The van der Waals surface area contributed by atoms with Gasteiger partial charge in [0.15, 0.2) is 17.4 Å². The molecule has 0 radical (unpaired) electrons. The van der Waals surface area contributed by atoms with Gasteiger partial charge in [-0.15, -0.1) is 0 Å². The summed E-state index contributed by atoms with van der Waals surface area (Å²) in [5, 5.41) is 0. The van der Waals surface area contributed by atoms with Gasteiger partial charge in [-0.1, -0.05) is 99.3 Å². The van der Waals surface area contributed by atoms with Gasteiger partial charge in [0.2, 0.25) is 0 Å². The number of nitrogens with zero attached hydrogens (tertiary/aromatic N) is 2. The van der Waals surface area contributed by atoms with Crippen molar-refractivity contribution in [1.29, 1.82) is 0 Å². The maximum atomic E-state index is 14.8. The number of unbranched alkanes of at least 4 members (excludes halogenated alkanes) is 4. The molecule has 3 aromatic rings. The van der Waals surface area contributed by atoms with Gasteiger partial charge >= 0.3 is 0 Å². The van der Waals surface area contributed by atoms with E-state index in [0.29, 0.717) is 30.1 Å². The summed E-state index contributed by atoms with van der Waals surface area (Å²) in [7, 11) is 0. The van der Waals surface area contributed by atoms with E-state index in [4.69, 9.17) is 9.72 Å². The number of aromatic nitrogens is 3. The van der Waals surface area contributed by atoms with Gasteiger partial charge in [-0.25, -0.2) is 9.37 Å². The van der Waals surface area contributed by atoms with Crippen molar-refractivity contribution < 1.29 is 9.13 Å². The van der Waals surface area contributed by atoms with Crippen molar-refractivity contribution in [2.24, 2.45) is 0 Å². The molecule has 0 saturated heterocycles. The highest BCUT2D eigenvalue weighted by Crippen LogP contribution is 2.25. The molecule has 0 spiro atoms. The molecule has 0 aromatic heterocycles. The van der Waals surface area contributed by atoms with Crippen LogP contribution in [-0.2, 0) is 12.8 Å². The molecule has 0 aliphatic carbocycles. The Morgan fingerprint density at radius 3 is 2.36 bits per heavy atom. The van der Waals surface area contributed by atoms with E-state index < -0.39 is 5.82 Å². The quantitative estimate of drug-likeness (QED) is 0.174. The van der Waals surface area contributed by atoms with E-state index in [1.807, 2.05) is 54.6 Å². The molecule has 1 N–H and O–H groups in total. The molecular weight excluding hydrogens is 489 g/mol. The third kappa shape index (κ3) is 6.45. The number of ether oxygens (including phenoxy) is 1. The first-order valence-corrected chi connectivity index (χ1v) is 13.8. The Morgan fingerprint density at radius 1 is 0.872 bits per heavy atom. The number of imidazole rings is 1. The second-order valence-corrected chi connectivity index (χ2v) is 9.94. The lowest BCUT2D eigenvalue weighted by atomic mass is 10.1. The standard InChI is InChI=1S/C33H34FN3O2/c1-2-3-4-5-12-19-39-31-18-17-25(20-27(31)34)22-29-33(38)37-23-30(26-15-10-7-11-16-26)35-28(32(37)36-29)21-24-13-8-6-9-14-24/h6-11,13-18,20,23,35H,2-5,12,19,21-22H2,1H3. The number of rotatable bonds is 12. The molecule has 5 nitrogen and oxygen atoms in total. The minimum absolute atomic E-state index is 0.196. The molecule has 200 valence electrons. The zero-order chi connectivity index (χ0) is 27.0. The van der Waals surface area contributed by atoms with Crippen LogP contribution in [0, 0.1) is 5.82 Å². The maximum Gasteiger partial charge on any atom is 0.278 e. The van der Waals surface area contributed by atoms with Crippen molar-refractivity contribution in [2.45, 2.75) is 51.9 Å². The smallest absolute Gasteiger partial charge is 0.278 e. The molecule has 0 unspecified atom stereocenters. The molecule has 2 aliphatic rings. The van der Waals surface area contributed by atoms with E-state index in [1.54, 1.807) is 16.8 Å². The maximum absolute atomic E-state index is 14.8. The Bertz CT molecular complexity index is 1530. The number of H-pyrrole nitrogens is 1. The van der Waals surface area contributed by atoms with Gasteiger partial charge in [0.1, 0.15) is 5.69 Å². The van der Waals surface area contributed by atoms with Crippen LogP contribution in [-0.4, -0.2) is 21.1 Å². The van der Waals surface area contributed by atoms with Crippen molar-refractivity contribution in [3.05, 3.63) is 124 Å². The van der Waals surface area contributed by atoms with Crippen LogP contribution < -0.4 is 10.3 Å². The van der Waals surface area contributed by atoms with E-state index >= 15 is 0 Å². The molecule has 0 atom stereocenters. The number of halogens is 1. The summed E-state index contributed by atoms with van der Waals surface area (Å²) in [4.78, 5) is 21.7. The zero-order valence-electron chi connectivity index (χ0n) is 22.3. The van der Waals surface area contributed by atoms with E-state index in [9.17, 15) is 9.18 Å². The largest absolute Gasteiger partial charge is 0.491 e. The summed E-state index contributed by atoms with van der Waals surface area (Å²) in [5.74, 6) is 0.419. The van der Waals surface area contributed by atoms with Crippen LogP contribution in [0.4, 0.5) is 4.39 Å². The number of aromatic amines is 1. The fraction of sp³-hybridized carbons (Fsp3) is 0.273. The minimum Gasteiger partial charge on any atom is -0.491 e. The summed E-state index contributed by atoms with van der Waals surface area (Å²) in [6.07, 6.45) is 8.21. The average Bonchev–Trinajstić information content (AvgIpc) is 3.27. The molecule has 5 rings (SSSR count). The highest BCUT2D eigenvalue weighted by atomic mass is 19.1. The average molecular weight is 524 g/mol. The van der Waals surface area contributed by atoms with Crippen LogP contribution in [0.15, 0.2) is 89.9 Å². The predicted octanol–water partition coefficient (Wildman–Crippen LogP) is 7.34. The second-order valence-electron chi connectivity index (χ2n) is 9.94. The van der Waals surface area contributed by atoms with Crippen molar-refractivity contribution in [3.8, 4) is 22.8 Å². The first kappa shape index (κ1) is 26.4. The van der Waals surface area contributed by atoms with Crippen LogP contribution in [0.3, 0.4) is 0 Å². The molecule has 2 heterocycles. The number of fused-ring (bicyclic) bond motifs is 1. The monoisotopic (exact) mass is 523 g/mol. The Morgan fingerprint density at radius 2 is 1.62 bits per heavy atom. The molecule has 0 amide bonds. The fourth-order valence-corrected chi connectivity index (χ4v) is 4.83. The normalized spacial score (nSPS) is 11.2. The van der Waals surface area contributed by atoms with Gasteiger partial charge in [0.05, 0.1) is 18.0 Å². The summed E-state index contributed by atoms with van der Waals surface area (Å²) in [6.45, 7) is 2.68. The SMILES string of the molecule is CCCCCCCOc1ccc(Cc2nc3c(Cc4ccccc4)[nH]c(-c4ccccc4)cn-3c2=O)cc1F. The highest BCUT2D eigenvalue weighted by Gasteiger charge is 2.21. The summed E-state index contributed by atoms with van der Waals surface area (Å²) >= 11 is 0. The molecule has 39 heavy (non-hydrogen) atoms. The summed E-state index contributed by atoms with van der Waals surface area (Å²) < 4.78 is 22.1. The lowest BCUT2D eigenvalue weighted by molar-refractivity contribution is 0.290. The van der Waals surface area contributed by atoms with Crippen molar-refractivity contribution in [1.82, 2.24) is 14.5 Å². The third-order valence-corrected chi connectivity index (χ3v) is 6.93. The highest BCUT2D eigenvalue weighted by molar-refractivity contribution is 5.60. The Kier molecular flexibility index (Phi) is 8.51. The fourth-order valence-electron chi connectivity index (χ4n) is 4.83. The summed E-state index contributed by atoms with van der Waals surface area (Å²) in [6, 6.07) is 24.9. The molecule has 6 heteroatoms. The van der Waals surface area contributed by atoms with E-state index in [0.717, 1.165) is 35.4 Å². The minimum atomic E-state index is -0.415. The zero-order valence-corrected chi connectivity index (χ0v) is 22.3. The van der Waals surface area contributed by atoms with Crippen molar-refractivity contribution >= 4 is 0 Å². The first-order chi connectivity index (χ1) is 19.1. The predicted molar refractivity (Wildman–Crippen MR) is 154 cm³/mol. The molecule has 0 saturated carbocycles. The van der Waals surface area contributed by atoms with Crippen LogP contribution >= 0.6 is 0 Å². The van der Waals surface area contributed by atoms with Gasteiger partial charge in [-0.05, 0) is 35.2 Å². The summed E-state index contributed by atoms with van der Waals surface area (Å²) in [5.41, 5.74) is 4.63. The molecule has 2 aliphatic heterocycles. The van der Waals surface area contributed by atoms with Crippen LogP contribution in [0.25, 0.3) is 17.1 Å². The molecule has 3 aromatic carbocycles. The van der Waals surface area contributed by atoms with E-state index in [1.165, 1.54) is 25.3 Å². The number of hydrogen-bond donors (Lipinski definition) is 1. The molecule has 0 fully saturated rings. The lowest BCUT2D eigenvalue weighted by Crippen LogP contribution is -2.18. The second kappa shape index (κ2) is 12.6. The number of hydrogen-bond acceptors (Lipinski definition) is 3.